The number of carbonyl (C=O) groups excluding carboxylic acids is 1. The quantitative estimate of drug-likeness (QED) is 0.779. The van der Waals surface area contributed by atoms with Gasteiger partial charge in [0.1, 0.15) is 17.3 Å². The Kier molecular flexibility index (Phi) is 5.43. The Bertz CT molecular complexity index is 441. The van der Waals surface area contributed by atoms with Crippen molar-refractivity contribution >= 4 is 11.6 Å². The summed E-state index contributed by atoms with van der Waals surface area (Å²) >= 11 is 0. The van der Waals surface area contributed by atoms with Gasteiger partial charge in [0.25, 0.3) is 0 Å². The first-order valence-electron chi connectivity index (χ1n) is 6.84. The third kappa shape index (κ3) is 4.25. The number of para-hydroxylation sites is 1. The fraction of sp³-hybridized carbons (Fsp3) is 0.500. The van der Waals surface area contributed by atoms with Crippen LogP contribution in [0.4, 0.5) is 14.5 Å². The van der Waals surface area contributed by atoms with Gasteiger partial charge in [-0.3, -0.25) is 4.79 Å². The number of hydrogen-bond donors (Lipinski definition) is 2. The summed E-state index contributed by atoms with van der Waals surface area (Å²) in [6.07, 6.45) is 2.46. The van der Waals surface area contributed by atoms with Crippen LogP contribution >= 0.6 is 0 Å². The Labute approximate surface area is 117 Å². The molecule has 1 aliphatic heterocycles. The van der Waals surface area contributed by atoms with Gasteiger partial charge in [0.05, 0.1) is 6.54 Å². The van der Waals surface area contributed by atoms with Gasteiger partial charge >= 0.3 is 0 Å². The van der Waals surface area contributed by atoms with Crippen molar-refractivity contribution in [1.82, 2.24) is 10.2 Å². The Morgan fingerprint density at radius 1 is 1.20 bits per heavy atom. The van der Waals surface area contributed by atoms with E-state index >= 15 is 0 Å². The number of likely N-dealkylation sites (tertiary alicyclic amines) is 1. The highest BCUT2D eigenvalue weighted by molar-refractivity contribution is 5.92. The third-order valence-corrected chi connectivity index (χ3v) is 3.32. The van der Waals surface area contributed by atoms with E-state index in [0.29, 0.717) is 6.54 Å². The van der Waals surface area contributed by atoms with Crippen molar-refractivity contribution in [1.29, 1.82) is 0 Å². The van der Waals surface area contributed by atoms with E-state index in [-0.39, 0.29) is 12.2 Å². The molecule has 1 fully saturated rings. The summed E-state index contributed by atoms with van der Waals surface area (Å²) in [5.74, 6) is -1.98. The summed E-state index contributed by atoms with van der Waals surface area (Å²) in [5, 5.41) is 5.21. The molecular formula is C14H19F2N3O. The van der Waals surface area contributed by atoms with Crippen LogP contribution in [0.5, 0.6) is 0 Å². The molecule has 2 N–H and O–H groups in total. The Balaban J connectivity index is 1.69. The molecule has 0 aliphatic carbocycles. The molecule has 0 unspecified atom stereocenters. The monoisotopic (exact) mass is 283 g/mol. The van der Waals surface area contributed by atoms with Crippen LogP contribution in [-0.2, 0) is 4.79 Å². The minimum absolute atomic E-state index is 0.0433. The zero-order chi connectivity index (χ0) is 14.4. The van der Waals surface area contributed by atoms with Gasteiger partial charge in [-0.15, -0.1) is 0 Å². The van der Waals surface area contributed by atoms with Crippen molar-refractivity contribution < 1.29 is 13.6 Å². The van der Waals surface area contributed by atoms with Gasteiger partial charge < -0.3 is 15.5 Å². The summed E-state index contributed by atoms with van der Waals surface area (Å²) in [7, 11) is 0. The van der Waals surface area contributed by atoms with E-state index in [2.05, 4.69) is 15.5 Å². The highest BCUT2D eigenvalue weighted by Gasteiger charge is 2.12. The zero-order valence-corrected chi connectivity index (χ0v) is 11.3. The Morgan fingerprint density at radius 3 is 2.50 bits per heavy atom. The third-order valence-electron chi connectivity index (χ3n) is 3.32. The molecule has 1 aliphatic rings. The molecule has 0 atom stereocenters. The SMILES string of the molecule is O=C(CNCCN1CCCC1)Nc1c(F)cccc1F. The fourth-order valence-electron chi connectivity index (χ4n) is 2.25. The minimum Gasteiger partial charge on any atom is -0.320 e. The molecule has 2 rings (SSSR count). The van der Waals surface area contributed by atoms with Gasteiger partial charge in [-0.2, -0.15) is 0 Å². The average molecular weight is 283 g/mol. The number of nitrogens with zero attached hydrogens (tertiary/aromatic N) is 1. The van der Waals surface area contributed by atoms with E-state index in [4.69, 9.17) is 0 Å². The van der Waals surface area contributed by atoms with Crippen LogP contribution in [0.2, 0.25) is 0 Å². The van der Waals surface area contributed by atoms with Crippen LogP contribution in [0, 0.1) is 11.6 Å². The second-order valence-electron chi connectivity index (χ2n) is 4.87. The molecule has 110 valence electrons. The van der Waals surface area contributed by atoms with E-state index in [1.807, 2.05) is 0 Å². The molecule has 1 saturated heterocycles. The van der Waals surface area contributed by atoms with Gasteiger partial charge in [0.15, 0.2) is 0 Å². The largest absolute Gasteiger partial charge is 0.320 e. The molecule has 1 aromatic carbocycles. The maximum Gasteiger partial charge on any atom is 0.238 e. The van der Waals surface area contributed by atoms with Crippen LogP contribution in [0.15, 0.2) is 18.2 Å². The molecule has 0 spiro atoms. The molecule has 1 amide bonds. The predicted octanol–water partition coefficient (Wildman–Crippen LogP) is 1.59. The molecule has 0 radical (unpaired) electrons. The first-order chi connectivity index (χ1) is 9.66. The molecule has 0 saturated carbocycles. The fourth-order valence-corrected chi connectivity index (χ4v) is 2.25. The Hall–Kier alpha value is -1.53. The maximum atomic E-state index is 13.3. The highest BCUT2D eigenvalue weighted by atomic mass is 19.1. The summed E-state index contributed by atoms with van der Waals surface area (Å²) in [6.45, 7) is 3.83. The first kappa shape index (κ1) is 14.9. The van der Waals surface area contributed by atoms with Crippen molar-refractivity contribution in [2.24, 2.45) is 0 Å². The number of carbonyl (C=O) groups is 1. The second-order valence-corrected chi connectivity index (χ2v) is 4.87. The van der Waals surface area contributed by atoms with E-state index in [9.17, 15) is 13.6 Å². The lowest BCUT2D eigenvalue weighted by atomic mass is 10.3. The van der Waals surface area contributed by atoms with Crippen molar-refractivity contribution in [3.8, 4) is 0 Å². The van der Waals surface area contributed by atoms with Crippen LogP contribution in [0.3, 0.4) is 0 Å². The lowest BCUT2D eigenvalue weighted by Gasteiger charge is -2.14. The number of nitrogens with one attached hydrogen (secondary N) is 2. The second kappa shape index (κ2) is 7.31. The van der Waals surface area contributed by atoms with Crippen LogP contribution in [-0.4, -0.2) is 43.5 Å². The molecule has 0 aromatic heterocycles. The molecule has 1 aromatic rings. The van der Waals surface area contributed by atoms with E-state index in [1.54, 1.807) is 0 Å². The lowest BCUT2D eigenvalue weighted by Crippen LogP contribution is -2.34. The zero-order valence-electron chi connectivity index (χ0n) is 11.3. The highest BCUT2D eigenvalue weighted by Crippen LogP contribution is 2.17. The normalized spacial score (nSPS) is 15.5. The number of rotatable bonds is 6. The summed E-state index contributed by atoms with van der Waals surface area (Å²) in [4.78, 5) is 13.9. The number of hydrogen-bond acceptors (Lipinski definition) is 3. The molecule has 4 nitrogen and oxygen atoms in total. The van der Waals surface area contributed by atoms with Crippen molar-refractivity contribution in [2.45, 2.75) is 12.8 Å². The molecule has 6 heteroatoms. The van der Waals surface area contributed by atoms with Crippen molar-refractivity contribution in [3.63, 3.8) is 0 Å². The molecule has 0 bridgehead atoms. The van der Waals surface area contributed by atoms with Gasteiger partial charge in [0, 0.05) is 13.1 Å². The number of amides is 1. The number of anilines is 1. The average Bonchev–Trinajstić information content (AvgIpc) is 2.92. The lowest BCUT2D eigenvalue weighted by molar-refractivity contribution is -0.115. The van der Waals surface area contributed by atoms with Crippen LogP contribution < -0.4 is 10.6 Å². The number of benzene rings is 1. The van der Waals surface area contributed by atoms with Crippen molar-refractivity contribution in [3.05, 3.63) is 29.8 Å². The topological polar surface area (TPSA) is 44.4 Å². The maximum absolute atomic E-state index is 13.3. The van der Waals surface area contributed by atoms with Gasteiger partial charge in [-0.1, -0.05) is 6.07 Å². The predicted molar refractivity (Wildman–Crippen MR) is 73.5 cm³/mol. The minimum atomic E-state index is -0.768. The molecule has 20 heavy (non-hydrogen) atoms. The van der Waals surface area contributed by atoms with Gasteiger partial charge in [0.2, 0.25) is 5.91 Å². The van der Waals surface area contributed by atoms with E-state index in [0.717, 1.165) is 31.8 Å². The molecular weight excluding hydrogens is 264 g/mol. The Morgan fingerprint density at radius 2 is 1.85 bits per heavy atom. The van der Waals surface area contributed by atoms with Crippen LogP contribution in [0.1, 0.15) is 12.8 Å². The molecule has 1 heterocycles. The first-order valence-corrected chi connectivity index (χ1v) is 6.84. The summed E-state index contributed by atoms with van der Waals surface area (Å²) in [5.41, 5.74) is -0.390. The van der Waals surface area contributed by atoms with Crippen LogP contribution in [0.25, 0.3) is 0 Å². The standard InChI is InChI=1S/C14H19F2N3O/c15-11-4-3-5-12(16)14(11)18-13(20)10-17-6-9-19-7-1-2-8-19/h3-5,17H,1-2,6-10H2,(H,18,20). The summed E-state index contributed by atoms with van der Waals surface area (Å²) in [6, 6.07) is 3.48. The number of halogens is 2. The van der Waals surface area contributed by atoms with E-state index in [1.165, 1.54) is 18.9 Å². The summed E-state index contributed by atoms with van der Waals surface area (Å²) < 4.78 is 26.6. The van der Waals surface area contributed by atoms with E-state index < -0.39 is 17.5 Å². The van der Waals surface area contributed by atoms with Gasteiger partial charge in [-0.05, 0) is 38.1 Å². The van der Waals surface area contributed by atoms with Gasteiger partial charge in [-0.25, -0.2) is 8.78 Å². The van der Waals surface area contributed by atoms with Crippen molar-refractivity contribution in [2.75, 3.05) is 38.0 Å². The smallest absolute Gasteiger partial charge is 0.238 e.